The van der Waals surface area contributed by atoms with Gasteiger partial charge in [0.2, 0.25) is 0 Å². The average molecular weight is 239 g/mol. The van der Waals surface area contributed by atoms with Crippen LogP contribution < -0.4 is 0 Å². The van der Waals surface area contributed by atoms with Gasteiger partial charge in [-0.15, -0.1) is 25.3 Å². The minimum atomic E-state index is -3.11. The van der Waals surface area contributed by atoms with Crippen LogP contribution in [0.3, 0.4) is 0 Å². The third kappa shape index (κ3) is 47.5. The first-order valence-corrected chi connectivity index (χ1v) is 4.85. The van der Waals surface area contributed by atoms with Crippen LogP contribution in [0.5, 0.6) is 0 Å². The van der Waals surface area contributed by atoms with Crippen LogP contribution in [0.15, 0.2) is 30.6 Å². The molecule has 0 saturated heterocycles. The van der Waals surface area contributed by atoms with Gasteiger partial charge >= 0.3 is 21.2 Å². The summed E-state index contributed by atoms with van der Waals surface area (Å²) in [4.78, 5) is 3.78. The van der Waals surface area contributed by atoms with E-state index in [4.69, 9.17) is 25.3 Å². The minimum Gasteiger partial charge on any atom is -0.265 e. The highest BCUT2D eigenvalue weighted by Crippen LogP contribution is 1.73. The molecule has 1 rings (SSSR count). The summed E-state index contributed by atoms with van der Waals surface area (Å²) in [7, 11) is -6.22. The lowest BCUT2D eigenvalue weighted by Crippen LogP contribution is -1.58. The highest BCUT2D eigenvalue weighted by molar-refractivity contribution is 7.59. The van der Waals surface area contributed by atoms with Crippen molar-refractivity contribution >= 4 is 21.2 Å². The van der Waals surface area contributed by atoms with E-state index in [2.05, 4.69) is 4.98 Å². The molecule has 1 aromatic heterocycles. The Morgan fingerprint density at radius 1 is 0.643 bits per heavy atom. The van der Waals surface area contributed by atoms with Crippen LogP contribution in [-0.2, 0) is 21.2 Å². The zero-order valence-corrected chi connectivity index (χ0v) is 8.23. The Morgan fingerprint density at radius 3 is 1.00 bits per heavy atom. The average Bonchev–Trinajstić information content (AvgIpc) is 2.05. The van der Waals surface area contributed by atoms with Gasteiger partial charge in [0.25, 0.3) is 0 Å². The Bertz CT molecular complexity index is 350. The van der Waals surface area contributed by atoms with Crippen molar-refractivity contribution in [3.8, 4) is 0 Å². The first-order chi connectivity index (χ1) is 6.46. The molecule has 0 spiro atoms. The van der Waals surface area contributed by atoms with Crippen molar-refractivity contribution in [2.24, 2.45) is 0 Å². The van der Waals surface area contributed by atoms with Crippen LogP contribution in [0.4, 0.5) is 0 Å². The van der Waals surface area contributed by atoms with Gasteiger partial charge in [0.1, 0.15) is 0 Å². The third-order valence-corrected chi connectivity index (χ3v) is 0.566. The van der Waals surface area contributed by atoms with Crippen LogP contribution >= 0.6 is 0 Å². The largest absolute Gasteiger partial charge is 0.425 e. The van der Waals surface area contributed by atoms with E-state index in [1.165, 1.54) is 0 Å². The van der Waals surface area contributed by atoms with Crippen molar-refractivity contribution in [2.75, 3.05) is 0 Å². The molecule has 0 radical (unpaired) electrons. The van der Waals surface area contributed by atoms with E-state index in [0.717, 1.165) is 0 Å². The van der Waals surface area contributed by atoms with Gasteiger partial charge in [-0.3, -0.25) is 4.98 Å². The molecule has 0 amide bonds. The van der Waals surface area contributed by atoms with Crippen molar-refractivity contribution in [1.82, 2.24) is 4.98 Å². The van der Waals surface area contributed by atoms with Gasteiger partial charge in [0.05, 0.1) is 0 Å². The molecule has 1 heterocycles. The van der Waals surface area contributed by atoms with E-state index in [9.17, 15) is 0 Å². The predicted molar refractivity (Wildman–Crippen MR) is 43.6 cm³/mol. The molecule has 0 N–H and O–H groups in total. The predicted octanol–water partition coefficient (Wildman–Crippen LogP) is -0.927. The molecule has 7 nitrogen and oxygen atoms in total. The third-order valence-electron chi connectivity index (χ3n) is 0.566. The number of nitrogens with zero attached hydrogens (tertiary/aromatic N) is 1. The van der Waals surface area contributed by atoms with Crippen molar-refractivity contribution in [2.45, 2.75) is 0 Å². The fraction of sp³-hybridized carbons (Fsp3) is 0. The summed E-state index contributed by atoms with van der Waals surface area (Å²) in [6.45, 7) is 0. The summed E-state index contributed by atoms with van der Waals surface area (Å²) >= 11 is 0. The van der Waals surface area contributed by atoms with Crippen molar-refractivity contribution in [1.29, 1.82) is 0 Å². The molecule has 0 aliphatic rings. The number of pyridine rings is 1. The van der Waals surface area contributed by atoms with Gasteiger partial charge in [-0.25, -0.2) is 0 Å². The number of rotatable bonds is 0. The van der Waals surface area contributed by atoms with Crippen molar-refractivity contribution in [3.63, 3.8) is 0 Å². The molecule has 0 saturated carbocycles. The maximum absolute atomic E-state index is 8.44. The quantitative estimate of drug-likeness (QED) is 0.574. The van der Waals surface area contributed by atoms with E-state index in [0.29, 0.717) is 0 Å². The number of hydrogen-bond acceptors (Lipinski definition) is 7. The van der Waals surface area contributed by atoms with Crippen LogP contribution in [0.25, 0.3) is 0 Å². The fourth-order valence-corrected chi connectivity index (χ4v) is 0.313. The van der Waals surface area contributed by atoms with E-state index in [1.54, 1.807) is 12.4 Å². The lowest BCUT2D eigenvalue weighted by Gasteiger charge is -1.70. The molecule has 14 heavy (non-hydrogen) atoms. The topological polar surface area (TPSA) is 115 Å². The SMILES string of the molecule is O=S(=O)=O.O=S(=O)=O.c1ccncc1. The van der Waals surface area contributed by atoms with Crippen LogP contribution in [-0.4, -0.2) is 30.2 Å². The first kappa shape index (κ1) is 14.9. The van der Waals surface area contributed by atoms with E-state index in [1.807, 2.05) is 18.2 Å². The summed E-state index contributed by atoms with van der Waals surface area (Å²) < 4.78 is 50.7. The Labute approximate surface area is 82.5 Å². The molecule has 0 unspecified atom stereocenters. The zero-order valence-electron chi connectivity index (χ0n) is 6.60. The van der Waals surface area contributed by atoms with Crippen molar-refractivity contribution in [3.05, 3.63) is 30.6 Å². The second kappa shape index (κ2) is 11.4. The molecule has 9 heteroatoms. The Kier molecular flexibility index (Phi) is 12.1. The minimum absolute atomic E-state index is 1.75. The summed E-state index contributed by atoms with van der Waals surface area (Å²) in [5.41, 5.74) is 0. The summed E-state index contributed by atoms with van der Waals surface area (Å²) in [5, 5.41) is 0. The lowest BCUT2D eigenvalue weighted by molar-refractivity contribution is 0.557. The van der Waals surface area contributed by atoms with E-state index >= 15 is 0 Å². The van der Waals surface area contributed by atoms with E-state index in [-0.39, 0.29) is 0 Å². The lowest BCUT2D eigenvalue weighted by atomic mass is 10.5. The summed E-state index contributed by atoms with van der Waals surface area (Å²) in [6, 6.07) is 5.72. The van der Waals surface area contributed by atoms with Gasteiger partial charge in [0, 0.05) is 12.4 Å². The Morgan fingerprint density at radius 2 is 0.929 bits per heavy atom. The molecule has 0 fully saturated rings. The molecule has 0 bridgehead atoms. The molecular formula is C5H5NO6S2. The molecule has 0 atom stereocenters. The van der Waals surface area contributed by atoms with Gasteiger partial charge in [-0.05, 0) is 12.1 Å². The maximum Gasteiger partial charge on any atom is 0.425 e. The normalized spacial score (nSPS) is 6.86. The number of hydrogen-bond donors (Lipinski definition) is 0. The highest BCUT2D eigenvalue weighted by atomic mass is 32.2. The second-order valence-electron chi connectivity index (χ2n) is 1.43. The molecule has 0 aliphatic heterocycles. The van der Waals surface area contributed by atoms with Crippen LogP contribution in [0.2, 0.25) is 0 Å². The standard InChI is InChI=1S/C5H5N.2O3S/c1-2-4-6-5-3-1;2*1-4(2)3/h1-5H;;. The number of aromatic nitrogens is 1. The highest BCUT2D eigenvalue weighted by Gasteiger charge is 1.58. The molecular weight excluding hydrogens is 234 g/mol. The fourth-order valence-electron chi connectivity index (χ4n) is 0.313. The monoisotopic (exact) mass is 239 g/mol. The van der Waals surface area contributed by atoms with Crippen LogP contribution in [0, 0.1) is 0 Å². The summed E-state index contributed by atoms with van der Waals surface area (Å²) in [6.07, 6.45) is 3.50. The van der Waals surface area contributed by atoms with Crippen LogP contribution in [0.1, 0.15) is 0 Å². The van der Waals surface area contributed by atoms with E-state index < -0.39 is 21.2 Å². The first-order valence-electron chi connectivity index (χ1n) is 2.85. The maximum atomic E-state index is 8.44. The molecule has 78 valence electrons. The molecule has 0 aliphatic carbocycles. The zero-order chi connectivity index (χ0) is 11.4. The van der Waals surface area contributed by atoms with Gasteiger partial charge in [-0.1, -0.05) is 6.07 Å². The smallest absolute Gasteiger partial charge is 0.265 e. The Balaban J connectivity index is 0. The van der Waals surface area contributed by atoms with Crippen molar-refractivity contribution < 1.29 is 25.3 Å². The molecule has 1 aromatic rings. The summed E-state index contributed by atoms with van der Waals surface area (Å²) in [5.74, 6) is 0. The van der Waals surface area contributed by atoms with Gasteiger partial charge < -0.3 is 0 Å². The van der Waals surface area contributed by atoms with Gasteiger partial charge in [0.15, 0.2) is 0 Å². The second-order valence-corrected chi connectivity index (χ2v) is 2.25. The Hall–Kier alpha value is -1.61. The van der Waals surface area contributed by atoms with Gasteiger partial charge in [-0.2, -0.15) is 0 Å². The molecule has 0 aromatic carbocycles.